The predicted molar refractivity (Wildman–Crippen MR) is 136 cm³/mol. The summed E-state index contributed by atoms with van der Waals surface area (Å²) in [5.41, 5.74) is 1.68. The van der Waals surface area contributed by atoms with E-state index in [4.69, 9.17) is 28.4 Å². The zero-order valence-electron chi connectivity index (χ0n) is 22.5. The van der Waals surface area contributed by atoms with Crippen LogP contribution in [0.15, 0.2) is 36.4 Å². The van der Waals surface area contributed by atoms with Crippen molar-refractivity contribution in [2.45, 2.75) is 40.5 Å². The van der Waals surface area contributed by atoms with Crippen molar-refractivity contribution >= 4 is 23.9 Å². The summed E-state index contributed by atoms with van der Waals surface area (Å²) >= 11 is 0. The first-order chi connectivity index (χ1) is 18.0. The first-order valence-corrected chi connectivity index (χ1v) is 12.0. The average Bonchev–Trinajstić information content (AvgIpc) is 2.85. The summed E-state index contributed by atoms with van der Waals surface area (Å²) < 4.78 is 31.9. The molecule has 10 heteroatoms. The largest absolute Gasteiger partial charge is 0.493 e. The molecule has 38 heavy (non-hydrogen) atoms. The molecular formula is C28H34O10. The van der Waals surface area contributed by atoms with E-state index in [0.717, 1.165) is 11.1 Å². The number of hydrogen-bond donors (Lipinski definition) is 0. The van der Waals surface area contributed by atoms with E-state index in [0.29, 0.717) is 24.3 Å². The number of methoxy groups -OCH3 is 2. The molecule has 0 aromatic heterocycles. The molecule has 0 heterocycles. The molecule has 0 aliphatic rings. The quantitative estimate of drug-likeness (QED) is 0.280. The van der Waals surface area contributed by atoms with Crippen LogP contribution in [0.4, 0.5) is 0 Å². The van der Waals surface area contributed by atoms with E-state index in [-0.39, 0.29) is 36.5 Å². The van der Waals surface area contributed by atoms with E-state index in [1.807, 2.05) is 0 Å². The fourth-order valence-corrected chi connectivity index (χ4v) is 3.93. The lowest BCUT2D eigenvalue weighted by molar-refractivity contribution is -0.147. The molecule has 0 saturated carbocycles. The number of esters is 4. The standard InChI is InChI=1S/C28H34O10/c1-17(29)35-15-23(11-21-7-9-25(37-19(3)31)27(13-21)33-5)24(16-36-18(2)30)12-22-8-10-26(38-20(4)32)28(14-22)34-6/h7-10,13-14,23-24H,11-12,15-16H2,1-6H3/t23-,24-/m0/s1. The lowest BCUT2D eigenvalue weighted by Crippen LogP contribution is -2.29. The van der Waals surface area contributed by atoms with Gasteiger partial charge in [0.15, 0.2) is 23.0 Å². The molecule has 2 rings (SSSR count). The fourth-order valence-electron chi connectivity index (χ4n) is 3.93. The molecule has 206 valence electrons. The molecule has 0 radical (unpaired) electrons. The summed E-state index contributed by atoms with van der Waals surface area (Å²) in [7, 11) is 2.94. The van der Waals surface area contributed by atoms with Crippen LogP contribution in [0.5, 0.6) is 23.0 Å². The van der Waals surface area contributed by atoms with Crippen molar-refractivity contribution in [1.82, 2.24) is 0 Å². The Kier molecular flexibility index (Phi) is 11.6. The summed E-state index contributed by atoms with van der Waals surface area (Å²) in [6.07, 6.45) is 0.886. The number of benzene rings is 2. The topological polar surface area (TPSA) is 124 Å². The van der Waals surface area contributed by atoms with Gasteiger partial charge in [-0.25, -0.2) is 0 Å². The highest BCUT2D eigenvalue weighted by Crippen LogP contribution is 2.33. The molecule has 0 spiro atoms. The maximum atomic E-state index is 11.7. The Hall–Kier alpha value is -4.08. The summed E-state index contributed by atoms with van der Waals surface area (Å²) in [6, 6.07) is 10.4. The van der Waals surface area contributed by atoms with Crippen LogP contribution in [0.25, 0.3) is 0 Å². The van der Waals surface area contributed by atoms with E-state index in [1.54, 1.807) is 36.4 Å². The Morgan fingerprint density at radius 1 is 0.579 bits per heavy atom. The molecule has 0 saturated heterocycles. The maximum absolute atomic E-state index is 11.7. The second-order valence-electron chi connectivity index (χ2n) is 8.69. The minimum atomic E-state index is -0.472. The molecule has 2 aromatic rings. The van der Waals surface area contributed by atoms with Gasteiger partial charge in [-0.3, -0.25) is 19.2 Å². The summed E-state index contributed by atoms with van der Waals surface area (Å²) in [4.78, 5) is 46.1. The lowest BCUT2D eigenvalue weighted by Gasteiger charge is -2.27. The average molecular weight is 531 g/mol. The summed E-state index contributed by atoms with van der Waals surface area (Å²) in [5, 5.41) is 0. The van der Waals surface area contributed by atoms with E-state index < -0.39 is 23.9 Å². The van der Waals surface area contributed by atoms with Gasteiger partial charge in [-0.15, -0.1) is 0 Å². The van der Waals surface area contributed by atoms with Gasteiger partial charge in [0.05, 0.1) is 27.4 Å². The number of carbonyl (C=O) groups is 4. The van der Waals surface area contributed by atoms with Crippen LogP contribution in [0, 0.1) is 11.8 Å². The van der Waals surface area contributed by atoms with Crippen LogP contribution in [0.3, 0.4) is 0 Å². The van der Waals surface area contributed by atoms with Crippen molar-refractivity contribution in [3.05, 3.63) is 47.5 Å². The van der Waals surface area contributed by atoms with Gasteiger partial charge >= 0.3 is 23.9 Å². The number of rotatable bonds is 13. The van der Waals surface area contributed by atoms with Crippen molar-refractivity contribution in [3.8, 4) is 23.0 Å². The Balaban J connectivity index is 2.40. The minimum absolute atomic E-state index is 0.0813. The third-order valence-corrected chi connectivity index (χ3v) is 5.63. The molecule has 10 nitrogen and oxygen atoms in total. The molecule has 2 atom stereocenters. The molecule has 0 unspecified atom stereocenters. The monoisotopic (exact) mass is 530 g/mol. The molecule has 0 bridgehead atoms. The Bertz CT molecular complexity index is 1050. The Morgan fingerprint density at radius 2 is 0.947 bits per heavy atom. The van der Waals surface area contributed by atoms with E-state index in [1.165, 1.54) is 41.9 Å². The smallest absolute Gasteiger partial charge is 0.308 e. The zero-order chi connectivity index (χ0) is 28.2. The molecule has 2 aromatic carbocycles. The SMILES string of the molecule is COc1cc(C[C@@H](COC(C)=O)[C@H](COC(C)=O)Cc2ccc(OC(C)=O)c(OC)c2)ccc1OC(C)=O. The van der Waals surface area contributed by atoms with Gasteiger partial charge in [0.1, 0.15) is 0 Å². The van der Waals surface area contributed by atoms with Crippen LogP contribution in [-0.2, 0) is 41.5 Å². The lowest BCUT2D eigenvalue weighted by atomic mass is 9.83. The molecule has 0 fully saturated rings. The van der Waals surface area contributed by atoms with Crippen LogP contribution >= 0.6 is 0 Å². The molecule has 0 N–H and O–H groups in total. The number of hydrogen-bond acceptors (Lipinski definition) is 10. The van der Waals surface area contributed by atoms with E-state index in [2.05, 4.69) is 0 Å². The second kappa shape index (κ2) is 14.6. The van der Waals surface area contributed by atoms with Crippen LogP contribution in [0.2, 0.25) is 0 Å². The van der Waals surface area contributed by atoms with Crippen molar-refractivity contribution in [2.24, 2.45) is 11.8 Å². The third-order valence-electron chi connectivity index (χ3n) is 5.63. The van der Waals surface area contributed by atoms with Crippen molar-refractivity contribution in [2.75, 3.05) is 27.4 Å². The number of ether oxygens (including phenoxy) is 6. The van der Waals surface area contributed by atoms with Crippen LogP contribution in [0.1, 0.15) is 38.8 Å². The first kappa shape index (κ1) is 30.1. The van der Waals surface area contributed by atoms with Gasteiger partial charge in [0, 0.05) is 39.5 Å². The van der Waals surface area contributed by atoms with Gasteiger partial charge < -0.3 is 28.4 Å². The second-order valence-corrected chi connectivity index (χ2v) is 8.69. The highest BCUT2D eigenvalue weighted by atomic mass is 16.6. The fraction of sp³-hybridized carbons (Fsp3) is 0.429. The van der Waals surface area contributed by atoms with Gasteiger partial charge in [-0.05, 0) is 48.2 Å². The van der Waals surface area contributed by atoms with Crippen molar-refractivity contribution < 1.29 is 47.6 Å². The van der Waals surface area contributed by atoms with Crippen molar-refractivity contribution in [3.63, 3.8) is 0 Å². The third kappa shape index (κ3) is 9.76. The first-order valence-electron chi connectivity index (χ1n) is 12.0. The van der Waals surface area contributed by atoms with Gasteiger partial charge in [0.2, 0.25) is 0 Å². The minimum Gasteiger partial charge on any atom is -0.493 e. The molecular weight excluding hydrogens is 496 g/mol. The van der Waals surface area contributed by atoms with Gasteiger partial charge in [0.25, 0.3) is 0 Å². The number of carbonyl (C=O) groups excluding carboxylic acids is 4. The Morgan fingerprint density at radius 3 is 1.24 bits per heavy atom. The predicted octanol–water partition coefficient (Wildman–Crippen LogP) is 3.70. The van der Waals surface area contributed by atoms with Gasteiger partial charge in [-0.1, -0.05) is 12.1 Å². The van der Waals surface area contributed by atoms with Crippen molar-refractivity contribution in [1.29, 1.82) is 0 Å². The summed E-state index contributed by atoms with van der Waals surface area (Å²) in [6.45, 7) is 5.42. The Labute approximate surface area is 222 Å². The van der Waals surface area contributed by atoms with Gasteiger partial charge in [-0.2, -0.15) is 0 Å². The van der Waals surface area contributed by atoms with E-state index in [9.17, 15) is 19.2 Å². The van der Waals surface area contributed by atoms with E-state index >= 15 is 0 Å². The normalized spacial score (nSPS) is 12.1. The van der Waals surface area contributed by atoms with Crippen LogP contribution in [-0.4, -0.2) is 51.3 Å². The molecule has 0 aliphatic heterocycles. The highest BCUT2D eigenvalue weighted by Gasteiger charge is 2.26. The summed E-state index contributed by atoms with van der Waals surface area (Å²) in [5.74, 6) is -0.997. The molecule has 0 aliphatic carbocycles. The maximum Gasteiger partial charge on any atom is 0.308 e. The van der Waals surface area contributed by atoms with Crippen LogP contribution < -0.4 is 18.9 Å². The zero-order valence-corrected chi connectivity index (χ0v) is 22.5. The highest BCUT2D eigenvalue weighted by molar-refractivity contribution is 5.71. The molecule has 0 amide bonds.